The fourth-order valence-corrected chi connectivity index (χ4v) is 3.24. The summed E-state index contributed by atoms with van der Waals surface area (Å²) in [6, 6.07) is 6.68. The lowest BCUT2D eigenvalue weighted by Crippen LogP contribution is -2.40. The molecule has 1 aromatic carbocycles. The van der Waals surface area contributed by atoms with Crippen LogP contribution in [0.3, 0.4) is 0 Å². The second-order valence-electron chi connectivity index (χ2n) is 6.64. The van der Waals surface area contributed by atoms with Crippen molar-refractivity contribution < 1.29 is 4.39 Å². The number of halogens is 1. The van der Waals surface area contributed by atoms with E-state index in [0.717, 1.165) is 30.3 Å². The van der Waals surface area contributed by atoms with Crippen LogP contribution in [0.1, 0.15) is 45.1 Å². The maximum Gasteiger partial charge on any atom is 0.125 e. The van der Waals surface area contributed by atoms with Gasteiger partial charge in [0.25, 0.3) is 0 Å². The average molecular weight is 276 g/mol. The lowest BCUT2D eigenvalue weighted by Gasteiger charge is -2.38. The third-order valence-electron chi connectivity index (χ3n) is 4.58. The fraction of sp³-hybridized carbons (Fsp3) is 0.647. The molecule has 1 aromatic rings. The topological polar surface area (TPSA) is 15.3 Å². The van der Waals surface area contributed by atoms with Crippen molar-refractivity contribution in [3.05, 3.63) is 29.6 Å². The molecule has 2 atom stereocenters. The van der Waals surface area contributed by atoms with Crippen LogP contribution in [0.5, 0.6) is 0 Å². The number of benzene rings is 1. The van der Waals surface area contributed by atoms with Crippen molar-refractivity contribution in [1.82, 2.24) is 5.32 Å². The Hall–Kier alpha value is -1.09. The lowest BCUT2D eigenvalue weighted by atomic mass is 9.93. The minimum Gasteiger partial charge on any atom is -0.369 e. The average Bonchev–Trinajstić information content (AvgIpc) is 3.19. The Balaban J connectivity index is 1.74. The van der Waals surface area contributed by atoms with Gasteiger partial charge in [-0.25, -0.2) is 4.39 Å². The summed E-state index contributed by atoms with van der Waals surface area (Å²) in [7, 11) is 0. The van der Waals surface area contributed by atoms with Crippen molar-refractivity contribution >= 4 is 5.69 Å². The van der Waals surface area contributed by atoms with Crippen LogP contribution in [-0.4, -0.2) is 18.6 Å². The van der Waals surface area contributed by atoms with E-state index in [4.69, 9.17) is 0 Å². The van der Waals surface area contributed by atoms with E-state index in [0.29, 0.717) is 12.1 Å². The predicted molar refractivity (Wildman–Crippen MR) is 81.5 cm³/mol. The van der Waals surface area contributed by atoms with E-state index in [1.165, 1.54) is 25.7 Å². The summed E-state index contributed by atoms with van der Waals surface area (Å²) in [6.07, 6.45) is 4.94. The minimum absolute atomic E-state index is 0.110. The molecule has 1 saturated heterocycles. The number of piperidine rings is 1. The summed E-state index contributed by atoms with van der Waals surface area (Å²) in [5, 5.41) is 3.46. The first kappa shape index (κ1) is 13.9. The molecule has 1 saturated carbocycles. The standard InChI is InChI=1S/C17H25FN2/c1-12-5-6-20(13(2)7-12)17-9-14(8-15(18)10-17)11-19-16-3-4-16/h8-10,12-13,16,19H,3-7,11H2,1-2H3. The Kier molecular flexibility index (Phi) is 3.97. The van der Waals surface area contributed by atoms with Gasteiger partial charge < -0.3 is 10.2 Å². The second-order valence-corrected chi connectivity index (χ2v) is 6.64. The minimum atomic E-state index is -0.110. The van der Waals surface area contributed by atoms with Gasteiger partial charge in [-0.15, -0.1) is 0 Å². The van der Waals surface area contributed by atoms with Crippen molar-refractivity contribution in [1.29, 1.82) is 0 Å². The summed E-state index contributed by atoms with van der Waals surface area (Å²) in [6.45, 7) is 6.39. The molecule has 3 heteroatoms. The van der Waals surface area contributed by atoms with Gasteiger partial charge in [-0.1, -0.05) is 6.92 Å². The van der Waals surface area contributed by atoms with Crippen molar-refractivity contribution in [2.24, 2.45) is 5.92 Å². The number of anilines is 1. The molecule has 20 heavy (non-hydrogen) atoms. The number of rotatable bonds is 4. The molecule has 2 aliphatic rings. The van der Waals surface area contributed by atoms with Crippen LogP contribution in [0, 0.1) is 11.7 Å². The molecule has 0 amide bonds. The summed E-state index contributed by atoms with van der Waals surface area (Å²) in [5.74, 6) is 0.673. The van der Waals surface area contributed by atoms with E-state index in [9.17, 15) is 4.39 Å². The molecule has 0 bridgehead atoms. The molecular formula is C17H25FN2. The van der Waals surface area contributed by atoms with Gasteiger partial charge in [0.15, 0.2) is 0 Å². The highest BCUT2D eigenvalue weighted by Crippen LogP contribution is 2.29. The van der Waals surface area contributed by atoms with E-state index >= 15 is 0 Å². The van der Waals surface area contributed by atoms with Crippen LogP contribution in [0.2, 0.25) is 0 Å². The van der Waals surface area contributed by atoms with Crippen molar-refractivity contribution in [2.75, 3.05) is 11.4 Å². The van der Waals surface area contributed by atoms with E-state index < -0.39 is 0 Å². The highest BCUT2D eigenvalue weighted by Gasteiger charge is 2.24. The normalized spacial score (nSPS) is 26.9. The first-order valence-electron chi connectivity index (χ1n) is 7.91. The molecule has 1 aliphatic heterocycles. The Morgan fingerprint density at radius 1 is 1.20 bits per heavy atom. The monoisotopic (exact) mass is 276 g/mol. The van der Waals surface area contributed by atoms with Gasteiger partial charge in [0.1, 0.15) is 5.82 Å². The Labute approximate surface area is 121 Å². The highest BCUT2D eigenvalue weighted by molar-refractivity contribution is 5.50. The lowest BCUT2D eigenvalue weighted by molar-refractivity contribution is 0.377. The van der Waals surface area contributed by atoms with E-state index in [1.807, 2.05) is 0 Å². The van der Waals surface area contributed by atoms with E-state index in [2.05, 4.69) is 30.1 Å². The van der Waals surface area contributed by atoms with Crippen molar-refractivity contribution in [2.45, 2.75) is 58.2 Å². The second kappa shape index (κ2) is 5.72. The molecular weight excluding hydrogens is 251 g/mol. The summed E-state index contributed by atoms with van der Waals surface area (Å²) in [4.78, 5) is 2.36. The molecule has 1 heterocycles. The first-order valence-corrected chi connectivity index (χ1v) is 7.91. The van der Waals surface area contributed by atoms with Crippen molar-refractivity contribution in [3.8, 4) is 0 Å². The quantitative estimate of drug-likeness (QED) is 0.902. The molecule has 2 fully saturated rings. The molecule has 2 unspecified atom stereocenters. The van der Waals surface area contributed by atoms with Gasteiger partial charge in [0, 0.05) is 30.9 Å². The molecule has 0 spiro atoms. The van der Waals surface area contributed by atoms with E-state index in [-0.39, 0.29) is 5.82 Å². The van der Waals surface area contributed by atoms with Crippen LogP contribution in [0.25, 0.3) is 0 Å². The van der Waals surface area contributed by atoms with Gasteiger partial charge in [-0.3, -0.25) is 0 Å². The third kappa shape index (κ3) is 3.32. The number of nitrogens with one attached hydrogen (secondary N) is 1. The highest BCUT2D eigenvalue weighted by atomic mass is 19.1. The van der Waals surface area contributed by atoms with Crippen LogP contribution in [-0.2, 0) is 6.54 Å². The van der Waals surface area contributed by atoms with Gasteiger partial charge in [-0.05, 0) is 62.3 Å². The molecule has 0 radical (unpaired) electrons. The summed E-state index contributed by atoms with van der Waals surface area (Å²) < 4.78 is 13.9. The van der Waals surface area contributed by atoms with Gasteiger partial charge in [-0.2, -0.15) is 0 Å². The van der Waals surface area contributed by atoms with Gasteiger partial charge >= 0.3 is 0 Å². The summed E-state index contributed by atoms with van der Waals surface area (Å²) >= 11 is 0. The Bertz CT molecular complexity index is 470. The number of hydrogen-bond donors (Lipinski definition) is 1. The maximum atomic E-state index is 13.9. The number of hydrogen-bond acceptors (Lipinski definition) is 2. The van der Waals surface area contributed by atoms with Crippen LogP contribution < -0.4 is 10.2 Å². The van der Waals surface area contributed by atoms with Crippen LogP contribution in [0.15, 0.2) is 18.2 Å². The zero-order valence-electron chi connectivity index (χ0n) is 12.5. The number of nitrogens with zero attached hydrogens (tertiary/aromatic N) is 1. The Morgan fingerprint density at radius 3 is 2.70 bits per heavy atom. The van der Waals surface area contributed by atoms with Gasteiger partial charge in [0.2, 0.25) is 0 Å². The van der Waals surface area contributed by atoms with E-state index in [1.54, 1.807) is 12.1 Å². The predicted octanol–water partition coefficient (Wildman–Crippen LogP) is 3.70. The van der Waals surface area contributed by atoms with Gasteiger partial charge in [0.05, 0.1) is 0 Å². The Morgan fingerprint density at radius 2 is 2.00 bits per heavy atom. The maximum absolute atomic E-state index is 13.9. The smallest absolute Gasteiger partial charge is 0.125 e. The zero-order chi connectivity index (χ0) is 14.1. The zero-order valence-corrected chi connectivity index (χ0v) is 12.5. The van der Waals surface area contributed by atoms with Crippen LogP contribution >= 0.6 is 0 Å². The molecule has 110 valence electrons. The SMILES string of the molecule is CC1CCN(c2cc(F)cc(CNC3CC3)c2)C(C)C1. The fourth-order valence-electron chi connectivity index (χ4n) is 3.24. The molecule has 3 rings (SSSR count). The van der Waals surface area contributed by atoms with Crippen molar-refractivity contribution in [3.63, 3.8) is 0 Å². The first-order chi connectivity index (χ1) is 9.61. The largest absolute Gasteiger partial charge is 0.369 e. The molecule has 1 aliphatic carbocycles. The van der Waals surface area contributed by atoms with Crippen LogP contribution in [0.4, 0.5) is 10.1 Å². The third-order valence-corrected chi connectivity index (χ3v) is 4.58. The molecule has 1 N–H and O–H groups in total. The molecule has 0 aromatic heterocycles. The molecule has 2 nitrogen and oxygen atoms in total. The summed E-state index contributed by atoms with van der Waals surface area (Å²) in [5.41, 5.74) is 2.12.